The molecule has 5 rings (SSSR count). The van der Waals surface area contributed by atoms with Crippen molar-refractivity contribution in [3.63, 3.8) is 0 Å². The van der Waals surface area contributed by atoms with Gasteiger partial charge in [-0.2, -0.15) is 5.26 Å². The van der Waals surface area contributed by atoms with Gasteiger partial charge in [-0.1, -0.05) is 36.4 Å². The molecule has 1 aliphatic rings. The Hall–Kier alpha value is -4.37. The van der Waals surface area contributed by atoms with Crippen molar-refractivity contribution < 1.29 is 14.3 Å². The number of nitrogens with two attached hydrogens (primary N) is 1. The highest BCUT2D eigenvalue weighted by Gasteiger charge is 2.26. The Balaban J connectivity index is 1.50. The smallest absolute Gasteiger partial charge is 0.310 e. The third-order valence-corrected chi connectivity index (χ3v) is 6.42. The van der Waals surface area contributed by atoms with E-state index in [0.29, 0.717) is 29.3 Å². The Morgan fingerprint density at radius 3 is 2.86 bits per heavy atom. The minimum Gasteiger partial charge on any atom is -0.485 e. The van der Waals surface area contributed by atoms with Gasteiger partial charge in [0.25, 0.3) is 0 Å². The molecule has 6 heteroatoms. The lowest BCUT2D eigenvalue weighted by atomic mass is 9.96. The zero-order valence-electron chi connectivity index (χ0n) is 19.5. The van der Waals surface area contributed by atoms with Gasteiger partial charge in [-0.15, -0.1) is 0 Å². The van der Waals surface area contributed by atoms with Crippen LogP contribution in [0.2, 0.25) is 0 Å². The van der Waals surface area contributed by atoms with Crippen LogP contribution in [-0.4, -0.2) is 17.6 Å². The molecule has 35 heavy (non-hydrogen) atoms. The molecule has 3 aromatic carbocycles. The van der Waals surface area contributed by atoms with Crippen LogP contribution in [0.25, 0.3) is 21.9 Å². The van der Waals surface area contributed by atoms with E-state index in [4.69, 9.17) is 15.2 Å². The summed E-state index contributed by atoms with van der Waals surface area (Å²) in [4.78, 5) is 16.3. The van der Waals surface area contributed by atoms with Crippen molar-refractivity contribution in [2.45, 2.75) is 32.3 Å². The molecule has 1 atom stereocenters. The fourth-order valence-electron chi connectivity index (χ4n) is 4.74. The van der Waals surface area contributed by atoms with E-state index >= 15 is 0 Å². The predicted octanol–water partition coefficient (Wildman–Crippen LogP) is 5.53. The third kappa shape index (κ3) is 4.41. The number of hydrogen-bond acceptors (Lipinski definition) is 6. The number of fused-ring (bicyclic) bond motifs is 2. The number of carbonyl (C=O) groups is 1. The molecule has 4 aromatic rings. The van der Waals surface area contributed by atoms with E-state index in [2.05, 4.69) is 35.3 Å². The second-order valence-electron chi connectivity index (χ2n) is 8.57. The summed E-state index contributed by atoms with van der Waals surface area (Å²) >= 11 is 0. The molecule has 0 fully saturated rings. The van der Waals surface area contributed by atoms with Gasteiger partial charge in [-0.3, -0.25) is 4.79 Å². The molecule has 0 saturated heterocycles. The largest absolute Gasteiger partial charge is 0.485 e. The first-order valence-corrected chi connectivity index (χ1v) is 11.7. The molecule has 1 heterocycles. The quantitative estimate of drug-likeness (QED) is 0.378. The summed E-state index contributed by atoms with van der Waals surface area (Å²) in [5, 5.41) is 11.4. The Labute approximate surface area is 203 Å². The molecule has 0 radical (unpaired) electrons. The molecule has 0 unspecified atom stereocenters. The van der Waals surface area contributed by atoms with Crippen molar-refractivity contribution >= 4 is 22.6 Å². The van der Waals surface area contributed by atoms with E-state index in [1.165, 1.54) is 5.56 Å². The topological polar surface area (TPSA) is 98.2 Å². The van der Waals surface area contributed by atoms with Gasteiger partial charge >= 0.3 is 5.97 Å². The predicted molar refractivity (Wildman–Crippen MR) is 135 cm³/mol. The number of ether oxygens (including phenoxy) is 2. The van der Waals surface area contributed by atoms with Crippen LogP contribution in [0.15, 0.2) is 66.9 Å². The Kier molecular flexibility index (Phi) is 6.07. The number of aromatic nitrogens is 1. The molecule has 0 saturated carbocycles. The summed E-state index contributed by atoms with van der Waals surface area (Å²) in [6, 6.07) is 21.8. The van der Waals surface area contributed by atoms with Crippen molar-refractivity contribution in [3.05, 3.63) is 89.1 Å². The minimum absolute atomic E-state index is 0.0972. The SMILES string of the molecule is CCOC(=O)Cc1ccc(C#N)cc1O[C@@H]1CCc2ccc(-c3cccc4c(N)nccc34)cc21. The average molecular weight is 464 g/mol. The molecule has 6 nitrogen and oxygen atoms in total. The number of hydrogen-bond donors (Lipinski definition) is 1. The van der Waals surface area contributed by atoms with Gasteiger partial charge < -0.3 is 15.2 Å². The lowest BCUT2D eigenvalue weighted by Gasteiger charge is -2.19. The first kappa shape index (κ1) is 22.4. The summed E-state index contributed by atoms with van der Waals surface area (Å²) in [5.41, 5.74) is 11.8. The molecule has 1 aromatic heterocycles. The minimum atomic E-state index is -0.319. The van der Waals surface area contributed by atoms with E-state index in [0.717, 1.165) is 40.3 Å². The van der Waals surface area contributed by atoms with Gasteiger partial charge in [0.15, 0.2) is 0 Å². The van der Waals surface area contributed by atoms with Crippen molar-refractivity contribution in [2.24, 2.45) is 0 Å². The maximum absolute atomic E-state index is 12.1. The summed E-state index contributed by atoms with van der Waals surface area (Å²) < 4.78 is 11.6. The van der Waals surface area contributed by atoms with Gasteiger partial charge in [0.1, 0.15) is 17.7 Å². The first-order valence-electron chi connectivity index (χ1n) is 11.7. The highest BCUT2D eigenvalue weighted by Crippen LogP contribution is 2.40. The van der Waals surface area contributed by atoms with Crippen LogP contribution in [0.4, 0.5) is 5.82 Å². The highest BCUT2D eigenvalue weighted by atomic mass is 16.5. The van der Waals surface area contributed by atoms with E-state index < -0.39 is 0 Å². The molecule has 0 aliphatic heterocycles. The molecular formula is C29H25N3O3. The maximum Gasteiger partial charge on any atom is 0.310 e. The summed E-state index contributed by atoms with van der Waals surface area (Å²) in [5.74, 6) is 0.739. The van der Waals surface area contributed by atoms with Crippen molar-refractivity contribution in [3.8, 4) is 22.9 Å². The lowest BCUT2D eigenvalue weighted by Crippen LogP contribution is -2.11. The number of pyridine rings is 1. The van der Waals surface area contributed by atoms with E-state index in [9.17, 15) is 10.1 Å². The zero-order valence-corrected chi connectivity index (χ0v) is 19.5. The zero-order chi connectivity index (χ0) is 24.4. The number of nitriles is 1. The molecule has 0 spiro atoms. The normalized spacial score (nSPS) is 14.3. The number of anilines is 1. The Bertz CT molecular complexity index is 1470. The van der Waals surface area contributed by atoms with Crippen LogP contribution < -0.4 is 10.5 Å². The van der Waals surface area contributed by atoms with Gasteiger partial charge in [-0.05, 0) is 71.7 Å². The number of carbonyl (C=O) groups excluding carboxylic acids is 1. The van der Waals surface area contributed by atoms with Crippen LogP contribution in [-0.2, 0) is 22.4 Å². The van der Waals surface area contributed by atoms with Crippen molar-refractivity contribution in [2.75, 3.05) is 12.3 Å². The molecule has 1 aliphatic carbocycles. The monoisotopic (exact) mass is 463 g/mol. The maximum atomic E-state index is 12.1. The summed E-state index contributed by atoms with van der Waals surface area (Å²) in [6.07, 6.45) is 3.37. The van der Waals surface area contributed by atoms with Crippen molar-refractivity contribution in [1.29, 1.82) is 5.26 Å². The second kappa shape index (κ2) is 9.47. The van der Waals surface area contributed by atoms with Gasteiger partial charge in [-0.25, -0.2) is 4.98 Å². The van der Waals surface area contributed by atoms with Gasteiger partial charge in [0.2, 0.25) is 0 Å². The number of nitrogens with zero attached hydrogens (tertiary/aromatic N) is 2. The standard InChI is InChI=1S/C29H25N3O3/c1-2-34-28(33)16-21-7-6-18(17-30)14-27(21)35-26-11-10-19-8-9-20(15-25(19)26)22-4-3-5-24-23(22)12-13-32-29(24)31/h3-9,12-15,26H,2,10-11,16H2,1H3,(H2,31,32)/t26-/m1/s1. The first-order chi connectivity index (χ1) is 17.1. The second-order valence-corrected chi connectivity index (χ2v) is 8.57. The molecular weight excluding hydrogens is 438 g/mol. The number of benzene rings is 3. The number of esters is 1. The summed E-state index contributed by atoms with van der Waals surface area (Å²) in [7, 11) is 0. The van der Waals surface area contributed by atoms with Crippen LogP contribution in [0.5, 0.6) is 5.75 Å². The number of rotatable bonds is 6. The number of aryl methyl sites for hydroxylation is 1. The fraction of sp³-hybridized carbons (Fsp3) is 0.207. The Morgan fingerprint density at radius 2 is 2.03 bits per heavy atom. The Morgan fingerprint density at radius 1 is 1.14 bits per heavy atom. The third-order valence-electron chi connectivity index (χ3n) is 6.42. The summed E-state index contributed by atoms with van der Waals surface area (Å²) in [6.45, 7) is 2.10. The number of nitrogen functional groups attached to an aromatic ring is 1. The van der Waals surface area contributed by atoms with E-state index in [-0.39, 0.29) is 18.5 Å². The average Bonchev–Trinajstić information content (AvgIpc) is 3.27. The van der Waals surface area contributed by atoms with Crippen molar-refractivity contribution in [1.82, 2.24) is 4.98 Å². The molecule has 2 N–H and O–H groups in total. The van der Waals surface area contributed by atoms with E-state index in [1.54, 1.807) is 31.3 Å². The van der Waals surface area contributed by atoms with Crippen LogP contribution in [0.1, 0.15) is 41.7 Å². The highest BCUT2D eigenvalue weighted by molar-refractivity contribution is 6.01. The lowest BCUT2D eigenvalue weighted by molar-refractivity contribution is -0.142. The molecule has 0 amide bonds. The van der Waals surface area contributed by atoms with Crippen LogP contribution in [0, 0.1) is 11.3 Å². The molecule has 174 valence electrons. The van der Waals surface area contributed by atoms with Gasteiger partial charge in [0.05, 0.1) is 24.7 Å². The van der Waals surface area contributed by atoms with Crippen LogP contribution in [0.3, 0.4) is 0 Å². The van der Waals surface area contributed by atoms with Gasteiger partial charge in [0, 0.05) is 17.1 Å². The van der Waals surface area contributed by atoms with Crippen LogP contribution >= 0.6 is 0 Å². The van der Waals surface area contributed by atoms with E-state index in [1.807, 2.05) is 18.2 Å². The molecule has 0 bridgehead atoms. The fourth-order valence-corrected chi connectivity index (χ4v) is 4.74.